The van der Waals surface area contributed by atoms with Crippen molar-refractivity contribution in [3.05, 3.63) is 65.9 Å². The van der Waals surface area contributed by atoms with Crippen molar-refractivity contribution in [1.29, 1.82) is 0 Å². The van der Waals surface area contributed by atoms with Crippen LogP contribution in [0, 0.1) is 0 Å². The Kier molecular flexibility index (Phi) is 6.68. The first-order valence-electron chi connectivity index (χ1n) is 9.36. The molecule has 0 fully saturated rings. The lowest BCUT2D eigenvalue weighted by Gasteiger charge is -2.12. The first kappa shape index (κ1) is 19.5. The number of para-hydroxylation sites is 1. The fourth-order valence-electron chi connectivity index (χ4n) is 2.96. The maximum atomic E-state index is 5.36. The van der Waals surface area contributed by atoms with Gasteiger partial charge in [-0.2, -0.15) is 4.98 Å². The topological polar surface area (TPSA) is 68.3 Å². The molecule has 0 radical (unpaired) electrons. The molecule has 0 spiro atoms. The molecule has 0 amide bonds. The van der Waals surface area contributed by atoms with Gasteiger partial charge < -0.3 is 20.1 Å². The summed E-state index contributed by atoms with van der Waals surface area (Å²) < 4.78 is 10.6. The Morgan fingerprint density at radius 2 is 1.79 bits per heavy atom. The van der Waals surface area contributed by atoms with E-state index >= 15 is 0 Å². The fraction of sp³-hybridized carbons (Fsp3) is 0.273. The van der Waals surface area contributed by atoms with Crippen molar-refractivity contribution in [2.75, 3.05) is 31.4 Å². The zero-order chi connectivity index (χ0) is 19.8. The van der Waals surface area contributed by atoms with Crippen LogP contribution >= 0.6 is 0 Å². The summed E-state index contributed by atoms with van der Waals surface area (Å²) in [6.45, 7) is 2.88. The third kappa shape index (κ3) is 4.91. The molecule has 28 heavy (non-hydrogen) atoms. The molecule has 6 heteroatoms. The second-order valence-corrected chi connectivity index (χ2v) is 6.27. The summed E-state index contributed by atoms with van der Waals surface area (Å²) in [4.78, 5) is 8.88. The Hall–Kier alpha value is -3.28. The van der Waals surface area contributed by atoms with Crippen LogP contribution in [0.5, 0.6) is 11.5 Å². The molecule has 0 aliphatic heterocycles. The predicted molar refractivity (Wildman–Crippen MR) is 113 cm³/mol. The van der Waals surface area contributed by atoms with Crippen LogP contribution in [0.2, 0.25) is 0 Å². The summed E-state index contributed by atoms with van der Waals surface area (Å²) >= 11 is 0. The number of hydrogen-bond acceptors (Lipinski definition) is 6. The Bertz CT molecular complexity index is 915. The van der Waals surface area contributed by atoms with Crippen LogP contribution in [-0.2, 0) is 12.8 Å². The Morgan fingerprint density at radius 1 is 0.964 bits per heavy atom. The van der Waals surface area contributed by atoms with Crippen molar-refractivity contribution in [2.24, 2.45) is 0 Å². The highest BCUT2D eigenvalue weighted by atomic mass is 16.5. The maximum absolute atomic E-state index is 5.36. The van der Waals surface area contributed by atoms with Crippen LogP contribution in [0.15, 0.2) is 54.7 Å². The molecule has 0 atom stereocenters. The molecule has 2 N–H and O–H groups in total. The van der Waals surface area contributed by atoms with Crippen molar-refractivity contribution in [2.45, 2.75) is 19.8 Å². The number of hydrogen-bond donors (Lipinski definition) is 2. The van der Waals surface area contributed by atoms with Crippen molar-refractivity contribution in [1.82, 2.24) is 9.97 Å². The SMILES string of the molecule is CCc1ccccc1Nc1nccc(NCCc2ccc(OC)c(OC)c2)n1. The van der Waals surface area contributed by atoms with Crippen LogP contribution in [0.4, 0.5) is 17.5 Å². The van der Waals surface area contributed by atoms with Gasteiger partial charge in [0.15, 0.2) is 11.5 Å². The standard InChI is InChI=1S/C22H26N4O2/c1-4-17-7-5-6-8-18(17)25-22-24-14-12-21(26-22)23-13-11-16-9-10-19(27-2)20(15-16)28-3/h5-10,12,14-15H,4,11,13H2,1-3H3,(H2,23,24,25,26). The van der Waals surface area contributed by atoms with Gasteiger partial charge in [-0.1, -0.05) is 31.2 Å². The molecule has 3 aromatic rings. The molecule has 2 aromatic carbocycles. The average Bonchev–Trinajstić information content (AvgIpc) is 2.74. The molecule has 0 aliphatic rings. The number of methoxy groups -OCH3 is 2. The van der Waals surface area contributed by atoms with E-state index in [-0.39, 0.29) is 0 Å². The lowest BCUT2D eigenvalue weighted by Crippen LogP contribution is -2.08. The van der Waals surface area contributed by atoms with Gasteiger partial charge in [0.05, 0.1) is 14.2 Å². The molecule has 3 rings (SSSR count). The molecule has 0 saturated carbocycles. The molecule has 1 aromatic heterocycles. The van der Waals surface area contributed by atoms with Crippen LogP contribution in [-0.4, -0.2) is 30.7 Å². The third-order valence-corrected chi connectivity index (χ3v) is 4.47. The second-order valence-electron chi connectivity index (χ2n) is 6.27. The van der Waals surface area contributed by atoms with Gasteiger partial charge in [-0.3, -0.25) is 0 Å². The zero-order valence-corrected chi connectivity index (χ0v) is 16.5. The summed E-state index contributed by atoms with van der Waals surface area (Å²) in [5.74, 6) is 2.84. The van der Waals surface area contributed by atoms with Gasteiger partial charge in [-0.15, -0.1) is 0 Å². The number of ether oxygens (including phenoxy) is 2. The van der Waals surface area contributed by atoms with Gasteiger partial charge in [0.2, 0.25) is 5.95 Å². The van der Waals surface area contributed by atoms with Gasteiger partial charge in [0.1, 0.15) is 5.82 Å². The van der Waals surface area contributed by atoms with Crippen molar-refractivity contribution < 1.29 is 9.47 Å². The first-order chi connectivity index (χ1) is 13.7. The summed E-state index contributed by atoms with van der Waals surface area (Å²) in [6, 6.07) is 16.0. The van der Waals surface area contributed by atoms with E-state index < -0.39 is 0 Å². The summed E-state index contributed by atoms with van der Waals surface area (Å²) in [5.41, 5.74) is 3.43. The van der Waals surface area contributed by atoms with Crippen LogP contribution < -0.4 is 20.1 Å². The highest BCUT2D eigenvalue weighted by Crippen LogP contribution is 2.27. The average molecular weight is 378 g/mol. The normalized spacial score (nSPS) is 10.4. The number of aryl methyl sites for hydroxylation is 1. The molecule has 6 nitrogen and oxygen atoms in total. The smallest absolute Gasteiger partial charge is 0.229 e. The minimum absolute atomic E-state index is 0.581. The molecular formula is C22H26N4O2. The fourth-order valence-corrected chi connectivity index (χ4v) is 2.96. The Morgan fingerprint density at radius 3 is 2.57 bits per heavy atom. The van der Waals surface area contributed by atoms with Crippen molar-refractivity contribution >= 4 is 17.5 Å². The first-order valence-corrected chi connectivity index (χ1v) is 9.36. The third-order valence-electron chi connectivity index (χ3n) is 4.47. The predicted octanol–water partition coefficient (Wildman–Crippen LogP) is 4.45. The highest BCUT2D eigenvalue weighted by molar-refractivity contribution is 5.59. The molecule has 146 valence electrons. The number of nitrogens with one attached hydrogen (secondary N) is 2. The van der Waals surface area contributed by atoms with Gasteiger partial charge >= 0.3 is 0 Å². The number of aromatic nitrogens is 2. The summed E-state index contributed by atoms with van der Waals surface area (Å²) in [5, 5.41) is 6.66. The van der Waals surface area contributed by atoms with E-state index in [4.69, 9.17) is 9.47 Å². The van der Waals surface area contributed by atoms with Crippen molar-refractivity contribution in [3.8, 4) is 11.5 Å². The van der Waals surface area contributed by atoms with E-state index in [1.165, 1.54) is 5.56 Å². The van der Waals surface area contributed by atoms with Gasteiger partial charge in [0.25, 0.3) is 0 Å². The summed E-state index contributed by atoms with van der Waals surface area (Å²) in [7, 11) is 3.28. The largest absolute Gasteiger partial charge is 0.493 e. The maximum Gasteiger partial charge on any atom is 0.229 e. The molecule has 0 bridgehead atoms. The van der Waals surface area contributed by atoms with Crippen molar-refractivity contribution in [3.63, 3.8) is 0 Å². The number of rotatable bonds is 9. The van der Waals surface area contributed by atoms with E-state index in [9.17, 15) is 0 Å². The molecule has 0 saturated heterocycles. The van der Waals surface area contributed by atoms with E-state index in [1.807, 2.05) is 42.5 Å². The quantitative estimate of drug-likeness (QED) is 0.573. The second kappa shape index (κ2) is 9.60. The number of anilines is 3. The van der Waals surface area contributed by atoms with Crippen LogP contribution in [0.1, 0.15) is 18.1 Å². The minimum Gasteiger partial charge on any atom is -0.493 e. The number of benzene rings is 2. The minimum atomic E-state index is 0.581. The van der Waals surface area contributed by atoms with Crippen LogP contribution in [0.25, 0.3) is 0 Å². The molecule has 0 unspecified atom stereocenters. The molecule has 1 heterocycles. The van der Waals surface area contributed by atoms with Gasteiger partial charge in [-0.25, -0.2) is 4.98 Å². The Balaban J connectivity index is 1.61. The molecule has 0 aliphatic carbocycles. The monoisotopic (exact) mass is 378 g/mol. The zero-order valence-electron chi connectivity index (χ0n) is 16.5. The Labute approximate surface area is 166 Å². The summed E-state index contributed by atoms with van der Waals surface area (Å²) in [6.07, 6.45) is 3.54. The van der Waals surface area contributed by atoms with Gasteiger partial charge in [-0.05, 0) is 48.2 Å². The van der Waals surface area contributed by atoms with E-state index in [2.05, 4.69) is 33.6 Å². The van der Waals surface area contributed by atoms with Gasteiger partial charge in [0, 0.05) is 18.4 Å². The van der Waals surface area contributed by atoms with E-state index in [0.717, 1.165) is 48.0 Å². The van der Waals surface area contributed by atoms with Crippen LogP contribution in [0.3, 0.4) is 0 Å². The lowest BCUT2D eigenvalue weighted by atomic mass is 10.1. The number of nitrogens with zero attached hydrogens (tertiary/aromatic N) is 2. The highest BCUT2D eigenvalue weighted by Gasteiger charge is 2.06. The molecular weight excluding hydrogens is 352 g/mol. The van der Waals surface area contributed by atoms with E-state index in [0.29, 0.717) is 5.95 Å². The van der Waals surface area contributed by atoms with E-state index in [1.54, 1.807) is 20.4 Å². The lowest BCUT2D eigenvalue weighted by molar-refractivity contribution is 0.354.